The third-order valence-corrected chi connectivity index (χ3v) is 5.18. The first-order valence-electron chi connectivity index (χ1n) is 5.64. The molecule has 0 radical (unpaired) electrons. The number of anilines is 2. The number of rotatable bonds is 3. The molecule has 2 rings (SSSR count). The fourth-order valence-corrected chi connectivity index (χ4v) is 3.38. The summed E-state index contributed by atoms with van der Waals surface area (Å²) in [6.45, 7) is 1.83. The van der Waals surface area contributed by atoms with E-state index in [1.165, 1.54) is 6.07 Å². The Morgan fingerprint density at radius 2 is 1.95 bits per heavy atom. The molecular weight excluding hydrogens is 347 g/mol. The maximum Gasteiger partial charge on any atom is 0.264 e. The number of nitrogen functional groups attached to an aromatic ring is 1. The summed E-state index contributed by atoms with van der Waals surface area (Å²) in [7, 11) is -3.95. The molecule has 0 aliphatic carbocycles. The van der Waals surface area contributed by atoms with Gasteiger partial charge in [0.2, 0.25) is 0 Å². The lowest BCUT2D eigenvalue weighted by Gasteiger charge is -2.12. The number of hydrogen-bond donors (Lipinski definition) is 2. The van der Waals surface area contributed by atoms with E-state index >= 15 is 0 Å². The first kappa shape index (κ1) is 14.8. The Hall–Kier alpha value is -1.60. The van der Waals surface area contributed by atoms with Crippen molar-refractivity contribution in [3.8, 4) is 0 Å². The predicted octanol–water partition coefficient (Wildman–Crippen LogP) is 3.28. The van der Waals surface area contributed by atoms with E-state index in [2.05, 4.69) is 20.7 Å². The second kappa shape index (κ2) is 5.41. The third kappa shape index (κ3) is 2.94. The van der Waals surface area contributed by atoms with Crippen molar-refractivity contribution in [2.45, 2.75) is 11.8 Å². The molecular formula is C13H12BrFN2O2S. The number of benzene rings is 2. The first-order valence-corrected chi connectivity index (χ1v) is 7.92. The van der Waals surface area contributed by atoms with E-state index in [1.807, 2.05) is 13.0 Å². The van der Waals surface area contributed by atoms with E-state index in [0.717, 1.165) is 17.7 Å². The van der Waals surface area contributed by atoms with Gasteiger partial charge in [-0.3, -0.25) is 4.72 Å². The van der Waals surface area contributed by atoms with Crippen molar-refractivity contribution in [3.05, 3.63) is 52.3 Å². The van der Waals surface area contributed by atoms with Gasteiger partial charge in [-0.15, -0.1) is 0 Å². The lowest BCUT2D eigenvalue weighted by atomic mass is 10.2. The Bertz CT molecular complexity index is 763. The molecule has 0 heterocycles. The maximum absolute atomic E-state index is 13.2. The maximum atomic E-state index is 13.2. The van der Waals surface area contributed by atoms with Crippen LogP contribution in [0.5, 0.6) is 0 Å². The molecule has 4 nitrogen and oxygen atoms in total. The summed E-state index contributed by atoms with van der Waals surface area (Å²) in [5, 5.41) is 0. The molecule has 0 saturated heterocycles. The van der Waals surface area contributed by atoms with Gasteiger partial charge >= 0.3 is 0 Å². The highest BCUT2D eigenvalue weighted by Crippen LogP contribution is 2.29. The van der Waals surface area contributed by atoms with Gasteiger partial charge in [-0.05, 0) is 52.7 Å². The normalized spacial score (nSPS) is 11.3. The van der Waals surface area contributed by atoms with E-state index in [0.29, 0.717) is 10.2 Å². The minimum absolute atomic E-state index is 0.0114. The zero-order valence-electron chi connectivity index (χ0n) is 10.5. The summed E-state index contributed by atoms with van der Waals surface area (Å²) in [5.41, 5.74) is 6.83. The number of hydrogen-bond acceptors (Lipinski definition) is 3. The molecule has 7 heteroatoms. The average molecular weight is 359 g/mol. The van der Waals surface area contributed by atoms with Crippen molar-refractivity contribution in [2.75, 3.05) is 10.5 Å². The highest BCUT2D eigenvalue weighted by atomic mass is 79.9. The summed E-state index contributed by atoms with van der Waals surface area (Å²) in [6, 6.07) is 8.36. The van der Waals surface area contributed by atoms with Crippen molar-refractivity contribution in [1.82, 2.24) is 0 Å². The van der Waals surface area contributed by atoms with E-state index in [1.54, 1.807) is 12.1 Å². The van der Waals surface area contributed by atoms with E-state index in [9.17, 15) is 12.8 Å². The molecule has 0 aliphatic heterocycles. The Balaban J connectivity index is 2.46. The largest absolute Gasteiger partial charge is 0.398 e. The van der Waals surface area contributed by atoms with Gasteiger partial charge in [0.25, 0.3) is 10.0 Å². The van der Waals surface area contributed by atoms with Crippen LogP contribution < -0.4 is 10.5 Å². The molecule has 0 bridgehead atoms. The zero-order chi connectivity index (χ0) is 14.9. The van der Waals surface area contributed by atoms with Crippen LogP contribution in [0.2, 0.25) is 0 Å². The Kier molecular flexibility index (Phi) is 4.01. The van der Waals surface area contributed by atoms with Gasteiger partial charge in [0.15, 0.2) is 0 Å². The van der Waals surface area contributed by atoms with Crippen LogP contribution in [0.4, 0.5) is 15.8 Å². The molecule has 2 aromatic carbocycles. The zero-order valence-corrected chi connectivity index (χ0v) is 12.9. The minimum atomic E-state index is -3.95. The van der Waals surface area contributed by atoms with E-state index < -0.39 is 15.8 Å². The Morgan fingerprint density at radius 3 is 2.65 bits per heavy atom. The summed E-state index contributed by atoms with van der Waals surface area (Å²) in [5.74, 6) is -0.664. The summed E-state index contributed by atoms with van der Waals surface area (Å²) < 4.78 is 40.7. The summed E-state index contributed by atoms with van der Waals surface area (Å²) in [4.78, 5) is -0.286. The highest BCUT2D eigenvalue weighted by Gasteiger charge is 2.19. The van der Waals surface area contributed by atoms with Crippen LogP contribution in [0.3, 0.4) is 0 Å². The Labute approximate surface area is 125 Å². The lowest BCUT2D eigenvalue weighted by Crippen LogP contribution is -2.15. The van der Waals surface area contributed by atoms with Crippen LogP contribution in [0.15, 0.2) is 45.8 Å². The van der Waals surface area contributed by atoms with Crippen molar-refractivity contribution >= 4 is 37.3 Å². The standard InChI is InChI=1S/C13H12BrFN2O2S/c1-8-3-2-4-11(13(8)14)17-20(18,19)12-7-9(15)5-6-10(12)16/h2-7,17H,16H2,1H3. The third-order valence-electron chi connectivity index (χ3n) is 2.70. The van der Waals surface area contributed by atoms with E-state index in [4.69, 9.17) is 5.73 Å². The highest BCUT2D eigenvalue weighted by molar-refractivity contribution is 9.10. The van der Waals surface area contributed by atoms with Gasteiger partial charge in [0.1, 0.15) is 10.7 Å². The van der Waals surface area contributed by atoms with Crippen molar-refractivity contribution < 1.29 is 12.8 Å². The van der Waals surface area contributed by atoms with Crippen LogP contribution in [0.25, 0.3) is 0 Å². The van der Waals surface area contributed by atoms with Crippen LogP contribution in [-0.2, 0) is 10.0 Å². The van der Waals surface area contributed by atoms with Gasteiger partial charge in [-0.2, -0.15) is 0 Å². The molecule has 0 fully saturated rings. The molecule has 0 unspecified atom stereocenters. The van der Waals surface area contributed by atoms with Gasteiger partial charge in [-0.25, -0.2) is 12.8 Å². The van der Waals surface area contributed by atoms with Gasteiger partial charge in [0.05, 0.1) is 11.4 Å². The molecule has 0 atom stereocenters. The van der Waals surface area contributed by atoms with E-state index in [-0.39, 0.29) is 10.6 Å². The van der Waals surface area contributed by atoms with Crippen LogP contribution in [0, 0.1) is 12.7 Å². The van der Waals surface area contributed by atoms with Crippen molar-refractivity contribution in [1.29, 1.82) is 0 Å². The van der Waals surface area contributed by atoms with Crippen LogP contribution in [-0.4, -0.2) is 8.42 Å². The predicted molar refractivity (Wildman–Crippen MR) is 80.5 cm³/mol. The lowest BCUT2D eigenvalue weighted by molar-refractivity contribution is 0.596. The minimum Gasteiger partial charge on any atom is -0.398 e. The molecule has 0 amide bonds. The number of halogens is 2. The molecule has 0 saturated carbocycles. The molecule has 3 N–H and O–H groups in total. The first-order chi connectivity index (χ1) is 9.31. The fourth-order valence-electron chi connectivity index (χ4n) is 1.67. The number of aryl methyl sites for hydroxylation is 1. The quantitative estimate of drug-likeness (QED) is 0.827. The summed E-state index contributed by atoms with van der Waals surface area (Å²) >= 11 is 3.31. The van der Waals surface area contributed by atoms with Gasteiger partial charge in [0, 0.05) is 4.47 Å². The molecule has 2 aromatic rings. The molecule has 20 heavy (non-hydrogen) atoms. The topological polar surface area (TPSA) is 72.2 Å². The van der Waals surface area contributed by atoms with Gasteiger partial charge in [-0.1, -0.05) is 12.1 Å². The second-order valence-corrected chi connectivity index (χ2v) is 6.67. The van der Waals surface area contributed by atoms with Crippen LogP contribution in [0.1, 0.15) is 5.56 Å². The van der Waals surface area contributed by atoms with Crippen molar-refractivity contribution in [2.24, 2.45) is 0 Å². The average Bonchev–Trinajstić information content (AvgIpc) is 2.37. The molecule has 0 aromatic heterocycles. The number of nitrogens with one attached hydrogen (secondary N) is 1. The molecule has 0 spiro atoms. The van der Waals surface area contributed by atoms with Crippen molar-refractivity contribution in [3.63, 3.8) is 0 Å². The molecule has 106 valence electrons. The number of sulfonamides is 1. The number of nitrogens with two attached hydrogens (primary N) is 1. The fraction of sp³-hybridized carbons (Fsp3) is 0.0769. The monoisotopic (exact) mass is 358 g/mol. The second-order valence-electron chi connectivity index (χ2n) is 4.22. The SMILES string of the molecule is Cc1cccc(NS(=O)(=O)c2cc(F)ccc2N)c1Br. The Morgan fingerprint density at radius 1 is 1.25 bits per heavy atom. The van der Waals surface area contributed by atoms with Crippen LogP contribution >= 0.6 is 15.9 Å². The van der Waals surface area contributed by atoms with Gasteiger partial charge < -0.3 is 5.73 Å². The smallest absolute Gasteiger partial charge is 0.264 e. The molecule has 0 aliphatic rings. The summed E-state index contributed by atoms with van der Waals surface area (Å²) in [6.07, 6.45) is 0.